The third kappa shape index (κ3) is 4.04. The van der Waals surface area contributed by atoms with Crippen LogP contribution in [0.4, 0.5) is 8.78 Å². The van der Waals surface area contributed by atoms with Crippen LogP contribution < -0.4 is 9.84 Å². The van der Waals surface area contributed by atoms with E-state index in [4.69, 9.17) is 17.9 Å². The van der Waals surface area contributed by atoms with Crippen molar-refractivity contribution in [1.82, 2.24) is 10.2 Å². The number of fused-ring (bicyclic) bond motifs is 1. The Bertz CT molecular complexity index is 1170. The molecule has 174 valence electrons. The number of phosphoric acid groups is 1. The van der Waals surface area contributed by atoms with Crippen molar-refractivity contribution in [3.63, 3.8) is 0 Å². The van der Waals surface area contributed by atoms with Gasteiger partial charge in [-0.1, -0.05) is 6.58 Å². The molecule has 0 spiro atoms. The Kier molecular flexibility index (Phi) is 4.90. The number of alkyl halides is 1. The highest BCUT2D eigenvalue weighted by Crippen LogP contribution is 2.55. The molecule has 1 fully saturated rings. The summed E-state index contributed by atoms with van der Waals surface area (Å²) < 4.78 is 85.9. The lowest BCUT2D eigenvalue weighted by atomic mass is 10.1. The molecule has 3 aliphatic heterocycles. The van der Waals surface area contributed by atoms with E-state index in [0.717, 1.165) is 24.4 Å². The van der Waals surface area contributed by atoms with Crippen molar-refractivity contribution in [2.75, 3.05) is 13.2 Å². The predicted octanol–water partition coefficient (Wildman–Crippen LogP) is 0.382. The fourth-order valence-corrected chi connectivity index (χ4v) is 4.06. The van der Waals surface area contributed by atoms with E-state index in [0.29, 0.717) is 4.90 Å². The summed E-state index contributed by atoms with van der Waals surface area (Å²) in [6.07, 6.45) is -7.60. The summed E-state index contributed by atoms with van der Waals surface area (Å²) >= 11 is 0. The van der Waals surface area contributed by atoms with Gasteiger partial charge < -0.3 is 34.8 Å². The SMILES string of the molecule is [2H]C([2H])(OP1(=O)OCc2cc(F)ccc2O1)[C@@]1(F)O[C@@]([2H])(N2C=C(CO)C(=O)NC2=C)[C@H](O)[C@@H]1O. The molecule has 3 heterocycles. The molecule has 32 heavy (non-hydrogen) atoms. The Morgan fingerprint density at radius 3 is 2.97 bits per heavy atom. The molecular formula is C18H19F2N2O9P. The fraction of sp³-hybridized carbons (Fsp3) is 0.389. The largest absolute Gasteiger partial charge is 0.530 e. The minimum Gasteiger partial charge on any atom is -0.404 e. The fourth-order valence-electron chi connectivity index (χ4n) is 2.97. The number of nitrogens with zero attached hydrogens (tertiary/aromatic N) is 1. The number of aliphatic hydroxyl groups is 3. The van der Waals surface area contributed by atoms with Crippen molar-refractivity contribution >= 4 is 13.7 Å². The third-order valence-corrected chi connectivity index (χ3v) is 5.81. The molecule has 1 saturated heterocycles. The normalized spacial score (nSPS) is 38.7. The van der Waals surface area contributed by atoms with Crippen LogP contribution in [-0.2, 0) is 29.8 Å². The first-order chi connectivity index (χ1) is 16.2. The van der Waals surface area contributed by atoms with Crippen molar-refractivity contribution in [2.24, 2.45) is 0 Å². The molecule has 1 aromatic rings. The first-order valence-electron chi connectivity index (χ1n) is 10.5. The van der Waals surface area contributed by atoms with Crippen LogP contribution in [0.25, 0.3) is 0 Å². The van der Waals surface area contributed by atoms with Gasteiger partial charge in [-0.2, -0.15) is 0 Å². The van der Waals surface area contributed by atoms with Crippen LogP contribution in [0, 0.1) is 5.82 Å². The molecule has 14 heteroatoms. The zero-order valence-corrected chi connectivity index (χ0v) is 16.9. The van der Waals surface area contributed by atoms with E-state index in [1.807, 2.05) is 0 Å². The van der Waals surface area contributed by atoms with Gasteiger partial charge in [0, 0.05) is 11.8 Å². The molecule has 11 nitrogen and oxygen atoms in total. The van der Waals surface area contributed by atoms with Gasteiger partial charge in [0.1, 0.15) is 36.2 Å². The van der Waals surface area contributed by atoms with E-state index >= 15 is 4.39 Å². The average Bonchev–Trinajstić information content (AvgIpc) is 2.95. The molecule has 5 atom stereocenters. The van der Waals surface area contributed by atoms with Gasteiger partial charge in [0.2, 0.25) is 0 Å². The molecule has 0 bridgehead atoms. The Balaban J connectivity index is 1.63. The summed E-state index contributed by atoms with van der Waals surface area (Å²) in [6, 6.07) is 3.01. The summed E-state index contributed by atoms with van der Waals surface area (Å²) in [5.74, 6) is -6.18. The highest BCUT2D eigenvalue weighted by molar-refractivity contribution is 7.49. The highest BCUT2D eigenvalue weighted by Gasteiger charge is 2.58. The molecule has 1 amide bonds. The van der Waals surface area contributed by atoms with E-state index in [9.17, 15) is 29.1 Å². The predicted molar refractivity (Wildman–Crippen MR) is 100 cm³/mol. The van der Waals surface area contributed by atoms with Crippen molar-refractivity contribution in [2.45, 2.75) is 30.9 Å². The van der Waals surface area contributed by atoms with E-state index in [-0.39, 0.29) is 16.9 Å². The Morgan fingerprint density at radius 1 is 1.50 bits per heavy atom. The number of ether oxygens (including phenoxy) is 1. The molecule has 0 aliphatic carbocycles. The second-order valence-electron chi connectivity index (χ2n) is 6.82. The van der Waals surface area contributed by atoms with Gasteiger partial charge >= 0.3 is 7.82 Å². The number of phosphoric ester groups is 1. The third-order valence-electron chi connectivity index (χ3n) is 4.63. The van der Waals surface area contributed by atoms with Crippen LogP contribution >= 0.6 is 7.82 Å². The van der Waals surface area contributed by atoms with Gasteiger partial charge in [-0.3, -0.25) is 13.8 Å². The summed E-state index contributed by atoms with van der Waals surface area (Å²) in [4.78, 5) is 12.4. The van der Waals surface area contributed by atoms with E-state index in [2.05, 4.69) is 16.4 Å². The topological polar surface area (TPSA) is 147 Å². The number of aliphatic hydroxyl groups excluding tert-OH is 3. The van der Waals surface area contributed by atoms with Crippen LogP contribution in [0.2, 0.25) is 0 Å². The first-order valence-corrected chi connectivity index (χ1v) is 10.4. The number of rotatable bonds is 5. The van der Waals surface area contributed by atoms with Gasteiger partial charge in [0.05, 0.1) is 22.9 Å². The van der Waals surface area contributed by atoms with Gasteiger partial charge in [-0.15, -0.1) is 0 Å². The van der Waals surface area contributed by atoms with E-state index in [1.165, 1.54) is 0 Å². The van der Waals surface area contributed by atoms with E-state index in [1.54, 1.807) is 0 Å². The number of amides is 1. The van der Waals surface area contributed by atoms with Crippen LogP contribution in [0.1, 0.15) is 9.68 Å². The number of hydrogen-bond acceptors (Lipinski definition) is 10. The Hall–Kier alpha value is -2.38. The van der Waals surface area contributed by atoms with Gasteiger partial charge in [0.25, 0.3) is 11.8 Å². The molecule has 0 radical (unpaired) electrons. The van der Waals surface area contributed by atoms with Gasteiger partial charge in [-0.05, 0) is 18.2 Å². The number of benzene rings is 1. The molecule has 4 rings (SSSR count). The quantitative estimate of drug-likeness (QED) is 0.437. The maximum atomic E-state index is 15.9. The first kappa shape index (κ1) is 19.1. The lowest BCUT2D eigenvalue weighted by Gasteiger charge is -2.34. The highest BCUT2D eigenvalue weighted by atomic mass is 31.2. The lowest BCUT2D eigenvalue weighted by Crippen LogP contribution is -2.48. The Morgan fingerprint density at radius 2 is 2.25 bits per heavy atom. The zero-order chi connectivity index (χ0) is 26.0. The summed E-state index contributed by atoms with van der Waals surface area (Å²) in [5.41, 5.74) is -0.251. The van der Waals surface area contributed by atoms with Crippen molar-refractivity contribution in [1.29, 1.82) is 0 Å². The van der Waals surface area contributed by atoms with Gasteiger partial charge in [0.15, 0.2) is 6.20 Å². The Labute approximate surface area is 184 Å². The smallest absolute Gasteiger partial charge is 0.404 e. The minimum absolute atomic E-state index is 0.102. The molecule has 1 unspecified atom stereocenters. The maximum absolute atomic E-state index is 15.9. The monoisotopic (exact) mass is 479 g/mol. The summed E-state index contributed by atoms with van der Waals surface area (Å²) in [5, 5.41) is 32.3. The molecule has 0 saturated carbocycles. The van der Waals surface area contributed by atoms with Crippen LogP contribution in [-0.4, -0.2) is 63.6 Å². The van der Waals surface area contributed by atoms with Gasteiger partial charge in [-0.25, -0.2) is 13.3 Å². The van der Waals surface area contributed by atoms with Crippen molar-refractivity contribution in [3.8, 4) is 5.75 Å². The second kappa shape index (κ2) is 8.19. The number of nitrogens with one attached hydrogen (secondary N) is 1. The number of hydrogen-bond donors (Lipinski definition) is 4. The lowest BCUT2D eigenvalue weighted by molar-refractivity contribution is -0.208. The molecule has 4 N–H and O–H groups in total. The van der Waals surface area contributed by atoms with Crippen molar-refractivity contribution in [3.05, 3.63) is 53.8 Å². The average molecular weight is 479 g/mol. The molecular weight excluding hydrogens is 457 g/mol. The van der Waals surface area contributed by atoms with Crippen LogP contribution in [0.15, 0.2) is 42.4 Å². The molecule has 1 aromatic carbocycles. The van der Waals surface area contributed by atoms with E-state index < -0.39 is 69.4 Å². The van der Waals surface area contributed by atoms with Crippen LogP contribution in [0.5, 0.6) is 5.75 Å². The van der Waals surface area contributed by atoms with Crippen molar-refractivity contribution < 1.29 is 55.9 Å². The van der Waals surface area contributed by atoms with Crippen LogP contribution in [0.3, 0.4) is 0 Å². The molecule has 0 aromatic heterocycles. The maximum Gasteiger partial charge on any atom is 0.530 e. The zero-order valence-electron chi connectivity index (χ0n) is 19.0. The minimum atomic E-state index is -4.94. The number of halogens is 2. The second-order valence-corrected chi connectivity index (χ2v) is 8.33. The molecule has 3 aliphatic rings. The number of carbonyl (C=O) groups excluding carboxylic acids is 1. The number of carbonyl (C=O) groups is 1. The standard InChI is InChI=1S/C18H19F2N2O9P/c1-9-21-16(26)11(6-23)5-22(9)17-14(24)15(25)18(20,30-17)8-29-32(27)28-7-10-4-12(19)2-3-13(10)31-32/h2-5,14-15,17,23-25H,1,6-8H2,(H,21,26)/t14-,15+,17-,18-,32?/m1/s1/i8D2,17D. The summed E-state index contributed by atoms with van der Waals surface area (Å²) in [6.45, 7) is -1.85. The summed E-state index contributed by atoms with van der Waals surface area (Å²) in [7, 11) is -4.94.